The fourth-order valence-electron chi connectivity index (χ4n) is 3.70. The Morgan fingerprint density at radius 3 is 1.86 bits per heavy atom. The third kappa shape index (κ3) is 4.21. The zero-order chi connectivity index (χ0) is 19.2. The van der Waals surface area contributed by atoms with Gasteiger partial charge in [0.15, 0.2) is 0 Å². The first-order chi connectivity index (χ1) is 13.8. The van der Waals surface area contributed by atoms with E-state index < -0.39 is 6.10 Å². The van der Waals surface area contributed by atoms with E-state index in [0.717, 1.165) is 0 Å². The highest BCUT2D eigenvalue weighted by atomic mass is 16.3. The summed E-state index contributed by atoms with van der Waals surface area (Å²) >= 11 is 0. The average Bonchev–Trinajstić information content (AvgIpc) is 3.22. The summed E-state index contributed by atoms with van der Waals surface area (Å²) in [6, 6.07) is 31.0. The number of nitrogens with zero attached hydrogens (tertiary/aromatic N) is 2. The number of aromatic nitrogens is 2. The van der Waals surface area contributed by atoms with Crippen molar-refractivity contribution in [2.75, 3.05) is 0 Å². The van der Waals surface area contributed by atoms with Gasteiger partial charge in [-0.05, 0) is 23.1 Å². The lowest BCUT2D eigenvalue weighted by atomic mass is 9.86. The van der Waals surface area contributed by atoms with Crippen molar-refractivity contribution >= 4 is 0 Å². The predicted octanol–water partition coefficient (Wildman–Crippen LogP) is 5.19. The van der Waals surface area contributed by atoms with Crippen molar-refractivity contribution in [2.24, 2.45) is 0 Å². The van der Waals surface area contributed by atoms with Crippen LogP contribution >= 0.6 is 0 Å². The van der Waals surface area contributed by atoms with Crippen LogP contribution in [0, 0.1) is 0 Å². The molecule has 3 nitrogen and oxygen atoms in total. The average molecular weight is 368 g/mol. The van der Waals surface area contributed by atoms with Gasteiger partial charge in [0.05, 0.1) is 0 Å². The first kappa shape index (κ1) is 18.2. The Hall–Kier alpha value is -3.17. The summed E-state index contributed by atoms with van der Waals surface area (Å²) in [5, 5.41) is 11.1. The molecule has 0 amide bonds. The molecular formula is C25H24N2O. The zero-order valence-corrected chi connectivity index (χ0v) is 15.7. The maximum absolute atomic E-state index is 11.1. The van der Waals surface area contributed by atoms with Crippen molar-refractivity contribution in [1.29, 1.82) is 0 Å². The first-order valence-corrected chi connectivity index (χ1v) is 9.64. The molecule has 1 N–H and O–H groups in total. The van der Waals surface area contributed by atoms with Gasteiger partial charge in [0.25, 0.3) is 0 Å². The number of aliphatic hydroxyl groups is 1. The van der Waals surface area contributed by atoms with E-state index in [1.54, 1.807) is 6.20 Å². The molecular weight excluding hydrogens is 344 g/mol. The molecule has 1 aromatic heterocycles. The quantitative estimate of drug-likeness (QED) is 0.488. The second-order valence-corrected chi connectivity index (χ2v) is 7.02. The van der Waals surface area contributed by atoms with E-state index >= 15 is 0 Å². The molecule has 0 radical (unpaired) electrons. The number of hydrogen-bond acceptors (Lipinski definition) is 2. The summed E-state index contributed by atoms with van der Waals surface area (Å²) in [7, 11) is 0. The highest BCUT2D eigenvalue weighted by Gasteiger charge is 2.22. The second kappa shape index (κ2) is 8.68. The van der Waals surface area contributed by atoms with Crippen LogP contribution < -0.4 is 0 Å². The summed E-state index contributed by atoms with van der Waals surface area (Å²) in [5.74, 6) is 0.819. The van der Waals surface area contributed by atoms with E-state index in [-0.39, 0.29) is 5.92 Å². The van der Waals surface area contributed by atoms with E-state index in [2.05, 4.69) is 41.4 Å². The fraction of sp³-hybridized carbons (Fsp3) is 0.160. The number of aliphatic hydroxyl groups excluding tert-OH is 1. The molecule has 4 rings (SSSR count). The van der Waals surface area contributed by atoms with Crippen LogP contribution in [0.15, 0.2) is 103 Å². The first-order valence-electron chi connectivity index (χ1n) is 9.64. The highest BCUT2D eigenvalue weighted by molar-refractivity contribution is 5.32. The minimum absolute atomic E-state index is 0.110. The van der Waals surface area contributed by atoms with Crippen LogP contribution in [-0.2, 0) is 6.54 Å². The Morgan fingerprint density at radius 2 is 1.29 bits per heavy atom. The van der Waals surface area contributed by atoms with Gasteiger partial charge in [-0.1, -0.05) is 91.0 Å². The van der Waals surface area contributed by atoms with Crippen LogP contribution in [0.1, 0.15) is 41.0 Å². The molecule has 3 aromatic carbocycles. The Kier molecular flexibility index (Phi) is 5.64. The predicted molar refractivity (Wildman–Crippen MR) is 112 cm³/mol. The number of benzene rings is 3. The minimum Gasteiger partial charge on any atom is -0.385 e. The Bertz CT molecular complexity index is 941. The van der Waals surface area contributed by atoms with Gasteiger partial charge in [-0.25, -0.2) is 4.98 Å². The molecule has 0 aliphatic heterocycles. The summed E-state index contributed by atoms with van der Waals surface area (Å²) in [6.07, 6.45) is 3.64. The summed E-state index contributed by atoms with van der Waals surface area (Å²) in [6.45, 7) is 0.703. The lowest BCUT2D eigenvalue weighted by Crippen LogP contribution is -2.13. The van der Waals surface area contributed by atoms with E-state index in [0.29, 0.717) is 18.8 Å². The molecule has 1 atom stereocenters. The highest BCUT2D eigenvalue weighted by Crippen LogP contribution is 2.33. The van der Waals surface area contributed by atoms with Crippen molar-refractivity contribution in [3.05, 3.63) is 126 Å². The fourth-order valence-corrected chi connectivity index (χ4v) is 3.70. The number of hydrogen-bond donors (Lipinski definition) is 1. The van der Waals surface area contributed by atoms with Gasteiger partial charge in [-0.2, -0.15) is 0 Å². The van der Waals surface area contributed by atoms with Crippen LogP contribution in [0.25, 0.3) is 0 Å². The second-order valence-electron chi connectivity index (χ2n) is 7.02. The van der Waals surface area contributed by atoms with Crippen LogP contribution in [-0.4, -0.2) is 14.7 Å². The smallest absolute Gasteiger partial charge is 0.137 e. The molecule has 0 fully saturated rings. The van der Waals surface area contributed by atoms with Crippen LogP contribution in [0.4, 0.5) is 0 Å². The molecule has 0 aliphatic carbocycles. The lowest BCUT2D eigenvalue weighted by Gasteiger charge is -2.22. The topological polar surface area (TPSA) is 38.1 Å². The molecule has 1 heterocycles. The Balaban J connectivity index is 1.59. The molecule has 0 saturated heterocycles. The number of imidazole rings is 1. The molecule has 0 spiro atoms. The van der Waals surface area contributed by atoms with Gasteiger partial charge in [0, 0.05) is 24.9 Å². The van der Waals surface area contributed by atoms with Crippen molar-refractivity contribution in [1.82, 2.24) is 9.55 Å². The zero-order valence-electron chi connectivity index (χ0n) is 15.7. The lowest BCUT2D eigenvalue weighted by molar-refractivity contribution is 0.148. The van der Waals surface area contributed by atoms with Crippen molar-refractivity contribution in [3.8, 4) is 0 Å². The standard InChI is InChI=1S/C25H24N2O/c28-24(25-26-16-17-27(25)19-20-10-4-1-5-11-20)18-23(21-12-6-2-7-13-21)22-14-8-3-9-15-22/h1-17,23-24,28H,18-19H2. The van der Waals surface area contributed by atoms with Crippen molar-refractivity contribution < 1.29 is 5.11 Å². The maximum atomic E-state index is 11.1. The third-order valence-corrected chi connectivity index (χ3v) is 5.10. The Morgan fingerprint density at radius 1 is 0.750 bits per heavy atom. The molecule has 3 heteroatoms. The molecule has 0 aliphatic rings. The van der Waals surface area contributed by atoms with E-state index in [1.165, 1.54) is 16.7 Å². The molecule has 140 valence electrons. The van der Waals surface area contributed by atoms with Crippen molar-refractivity contribution in [3.63, 3.8) is 0 Å². The number of rotatable bonds is 7. The van der Waals surface area contributed by atoms with Gasteiger partial charge >= 0.3 is 0 Å². The minimum atomic E-state index is -0.649. The van der Waals surface area contributed by atoms with Crippen LogP contribution in [0.3, 0.4) is 0 Å². The summed E-state index contributed by atoms with van der Waals surface area (Å²) in [5.41, 5.74) is 3.60. The van der Waals surface area contributed by atoms with Crippen LogP contribution in [0.2, 0.25) is 0 Å². The van der Waals surface area contributed by atoms with E-state index in [9.17, 15) is 5.11 Å². The van der Waals surface area contributed by atoms with Gasteiger partial charge in [0.1, 0.15) is 11.9 Å². The SMILES string of the molecule is OC(CC(c1ccccc1)c1ccccc1)c1nccn1Cc1ccccc1. The normalized spacial score (nSPS) is 12.2. The van der Waals surface area contributed by atoms with E-state index in [1.807, 2.05) is 65.4 Å². The third-order valence-electron chi connectivity index (χ3n) is 5.10. The molecule has 4 aromatic rings. The summed E-state index contributed by atoms with van der Waals surface area (Å²) < 4.78 is 2.03. The maximum Gasteiger partial charge on any atom is 0.137 e. The molecule has 0 saturated carbocycles. The van der Waals surface area contributed by atoms with E-state index in [4.69, 9.17) is 0 Å². The molecule has 28 heavy (non-hydrogen) atoms. The van der Waals surface area contributed by atoms with Gasteiger partial charge in [0.2, 0.25) is 0 Å². The molecule has 1 unspecified atom stereocenters. The van der Waals surface area contributed by atoms with Gasteiger partial charge in [-0.15, -0.1) is 0 Å². The Labute approximate surface area is 165 Å². The van der Waals surface area contributed by atoms with Crippen LogP contribution in [0.5, 0.6) is 0 Å². The monoisotopic (exact) mass is 368 g/mol. The summed E-state index contributed by atoms with van der Waals surface area (Å²) in [4.78, 5) is 4.47. The van der Waals surface area contributed by atoms with Crippen molar-refractivity contribution in [2.45, 2.75) is 25.0 Å². The molecule has 0 bridgehead atoms. The van der Waals surface area contributed by atoms with Gasteiger partial charge in [-0.3, -0.25) is 0 Å². The van der Waals surface area contributed by atoms with Gasteiger partial charge < -0.3 is 9.67 Å². The largest absolute Gasteiger partial charge is 0.385 e.